The van der Waals surface area contributed by atoms with E-state index >= 15 is 0 Å². The predicted molar refractivity (Wildman–Crippen MR) is 130 cm³/mol. The minimum atomic E-state index is 0. The number of hydrogen-bond donors (Lipinski definition) is 2. The van der Waals surface area contributed by atoms with Crippen molar-refractivity contribution in [3.05, 3.63) is 65.5 Å². The number of para-hydroxylation sites is 1. The standard InChI is InChI=1S/C21H24ClN5O2.HI/c1-23-21(24-13-5-15-28-18-6-3-2-4-7-18)25-14-12-19-26-20(27-29-19)16-8-10-17(22)11-9-16;/h2-4,6-11H,5,12-15H2,1H3,(H2,23,24,25);1H. The Bertz CT molecular complexity index is 903. The van der Waals surface area contributed by atoms with Gasteiger partial charge in [0, 0.05) is 37.1 Å². The highest BCUT2D eigenvalue weighted by Gasteiger charge is 2.08. The van der Waals surface area contributed by atoms with Crippen molar-refractivity contribution >= 4 is 41.5 Å². The number of aromatic nitrogens is 2. The van der Waals surface area contributed by atoms with Gasteiger partial charge in [-0.2, -0.15) is 4.98 Å². The molecule has 0 spiro atoms. The molecule has 0 aliphatic heterocycles. The van der Waals surface area contributed by atoms with Gasteiger partial charge < -0.3 is 19.9 Å². The molecule has 0 amide bonds. The Morgan fingerprint density at radius 1 is 1.07 bits per heavy atom. The highest BCUT2D eigenvalue weighted by molar-refractivity contribution is 14.0. The number of aliphatic imine (C=N–C) groups is 1. The first-order valence-corrected chi connectivity index (χ1v) is 9.83. The van der Waals surface area contributed by atoms with E-state index < -0.39 is 0 Å². The summed E-state index contributed by atoms with van der Waals surface area (Å²) in [5, 5.41) is 11.2. The van der Waals surface area contributed by atoms with Crippen LogP contribution in [-0.4, -0.2) is 42.8 Å². The van der Waals surface area contributed by atoms with Gasteiger partial charge in [-0.05, 0) is 42.8 Å². The van der Waals surface area contributed by atoms with Crippen molar-refractivity contribution in [1.29, 1.82) is 0 Å². The molecule has 3 rings (SSSR count). The van der Waals surface area contributed by atoms with E-state index in [2.05, 4.69) is 25.8 Å². The van der Waals surface area contributed by atoms with Crippen molar-refractivity contribution < 1.29 is 9.26 Å². The molecule has 0 aliphatic rings. The summed E-state index contributed by atoms with van der Waals surface area (Å²) in [4.78, 5) is 8.62. The third-order valence-corrected chi connectivity index (χ3v) is 4.30. The first-order valence-electron chi connectivity index (χ1n) is 9.45. The van der Waals surface area contributed by atoms with E-state index in [4.69, 9.17) is 20.9 Å². The van der Waals surface area contributed by atoms with E-state index in [9.17, 15) is 0 Å². The molecular formula is C21H25ClIN5O2. The molecule has 0 radical (unpaired) electrons. The van der Waals surface area contributed by atoms with Crippen LogP contribution < -0.4 is 15.4 Å². The second-order valence-electron chi connectivity index (χ2n) is 6.21. The lowest BCUT2D eigenvalue weighted by Crippen LogP contribution is -2.39. The van der Waals surface area contributed by atoms with E-state index in [0.717, 1.165) is 30.2 Å². The smallest absolute Gasteiger partial charge is 0.228 e. The maximum Gasteiger partial charge on any atom is 0.228 e. The minimum Gasteiger partial charge on any atom is -0.494 e. The Balaban J connectivity index is 0.00000320. The maximum atomic E-state index is 5.90. The summed E-state index contributed by atoms with van der Waals surface area (Å²) in [6.45, 7) is 2.03. The van der Waals surface area contributed by atoms with Gasteiger partial charge in [-0.3, -0.25) is 4.99 Å². The molecule has 0 atom stereocenters. The molecule has 30 heavy (non-hydrogen) atoms. The van der Waals surface area contributed by atoms with Gasteiger partial charge in [-0.1, -0.05) is 35.0 Å². The van der Waals surface area contributed by atoms with Gasteiger partial charge in [0.15, 0.2) is 5.96 Å². The number of halogens is 2. The Hall–Kier alpha value is -2.33. The molecule has 2 aromatic carbocycles. The van der Waals surface area contributed by atoms with E-state index in [-0.39, 0.29) is 24.0 Å². The third-order valence-electron chi connectivity index (χ3n) is 4.05. The number of guanidine groups is 1. The normalized spacial score (nSPS) is 10.9. The van der Waals surface area contributed by atoms with Crippen molar-refractivity contribution in [3.63, 3.8) is 0 Å². The van der Waals surface area contributed by atoms with Crippen LogP contribution in [-0.2, 0) is 6.42 Å². The lowest BCUT2D eigenvalue weighted by atomic mass is 10.2. The highest BCUT2D eigenvalue weighted by Crippen LogP contribution is 2.18. The summed E-state index contributed by atoms with van der Waals surface area (Å²) in [6, 6.07) is 17.1. The topological polar surface area (TPSA) is 84.6 Å². The van der Waals surface area contributed by atoms with E-state index in [0.29, 0.717) is 36.3 Å². The molecule has 0 saturated heterocycles. The van der Waals surface area contributed by atoms with Crippen LogP contribution in [0, 0.1) is 0 Å². The summed E-state index contributed by atoms with van der Waals surface area (Å²) in [6.07, 6.45) is 1.46. The number of rotatable bonds is 9. The van der Waals surface area contributed by atoms with Gasteiger partial charge >= 0.3 is 0 Å². The van der Waals surface area contributed by atoms with Crippen LogP contribution in [0.15, 0.2) is 64.1 Å². The molecule has 0 saturated carbocycles. The first-order chi connectivity index (χ1) is 14.2. The first kappa shape index (κ1) is 23.9. The van der Waals surface area contributed by atoms with Crippen LogP contribution in [0.3, 0.4) is 0 Å². The second kappa shape index (κ2) is 13.1. The van der Waals surface area contributed by atoms with Crippen molar-refractivity contribution in [2.75, 3.05) is 26.7 Å². The van der Waals surface area contributed by atoms with Crippen LogP contribution in [0.25, 0.3) is 11.4 Å². The summed E-state index contributed by atoms with van der Waals surface area (Å²) in [5.41, 5.74) is 0.868. The molecule has 2 N–H and O–H groups in total. The van der Waals surface area contributed by atoms with Gasteiger partial charge in [0.2, 0.25) is 11.7 Å². The number of benzene rings is 2. The highest BCUT2D eigenvalue weighted by atomic mass is 127. The molecule has 0 bridgehead atoms. The lowest BCUT2D eigenvalue weighted by Gasteiger charge is -2.11. The number of nitrogens with one attached hydrogen (secondary N) is 2. The summed E-state index contributed by atoms with van der Waals surface area (Å²) in [7, 11) is 1.74. The van der Waals surface area contributed by atoms with Crippen molar-refractivity contribution in [3.8, 4) is 17.1 Å². The van der Waals surface area contributed by atoms with Crippen LogP contribution in [0.4, 0.5) is 0 Å². The predicted octanol–water partition coefficient (Wildman–Crippen LogP) is 4.18. The van der Waals surface area contributed by atoms with E-state index in [1.807, 2.05) is 42.5 Å². The largest absolute Gasteiger partial charge is 0.494 e. The van der Waals surface area contributed by atoms with Crippen LogP contribution in [0.1, 0.15) is 12.3 Å². The molecule has 1 aromatic heterocycles. The average Bonchev–Trinajstić information content (AvgIpc) is 3.22. The van der Waals surface area contributed by atoms with Gasteiger partial charge in [0.1, 0.15) is 5.75 Å². The maximum absolute atomic E-state index is 5.90. The Morgan fingerprint density at radius 3 is 2.53 bits per heavy atom. The number of nitrogens with zero attached hydrogens (tertiary/aromatic N) is 3. The zero-order valence-corrected chi connectivity index (χ0v) is 19.8. The van der Waals surface area contributed by atoms with Gasteiger partial charge in [-0.15, -0.1) is 24.0 Å². The molecule has 0 unspecified atom stereocenters. The van der Waals surface area contributed by atoms with Crippen LogP contribution in [0.5, 0.6) is 5.75 Å². The molecule has 0 fully saturated rings. The molecule has 7 nitrogen and oxygen atoms in total. The third kappa shape index (κ3) is 7.83. The fourth-order valence-electron chi connectivity index (χ4n) is 2.57. The zero-order valence-electron chi connectivity index (χ0n) is 16.7. The Labute approximate surface area is 198 Å². The van der Waals surface area contributed by atoms with Crippen LogP contribution in [0.2, 0.25) is 5.02 Å². The van der Waals surface area contributed by atoms with Crippen molar-refractivity contribution in [2.24, 2.45) is 4.99 Å². The van der Waals surface area contributed by atoms with Crippen molar-refractivity contribution in [1.82, 2.24) is 20.8 Å². The quantitative estimate of drug-likeness (QED) is 0.183. The van der Waals surface area contributed by atoms with Gasteiger partial charge in [0.25, 0.3) is 0 Å². The average molecular weight is 542 g/mol. The number of ether oxygens (including phenoxy) is 1. The van der Waals surface area contributed by atoms with Crippen molar-refractivity contribution in [2.45, 2.75) is 12.8 Å². The monoisotopic (exact) mass is 541 g/mol. The van der Waals surface area contributed by atoms with Gasteiger partial charge in [0.05, 0.1) is 6.61 Å². The fraction of sp³-hybridized carbons (Fsp3) is 0.286. The molecule has 9 heteroatoms. The van der Waals surface area contributed by atoms with E-state index in [1.54, 1.807) is 19.2 Å². The molecule has 1 heterocycles. The van der Waals surface area contributed by atoms with Gasteiger partial charge in [-0.25, -0.2) is 0 Å². The number of hydrogen-bond acceptors (Lipinski definition) is 5. The fourth-order valence-corrected chi connectivity index (χ4v) is 2.69. The zero-order chi connectivity index (χ0) is 20.3. The molecule has 160 valence electrons. The lowest BCUT2D eigenvalue weighted by molar-refractivity contribution is 0.311. The van der Waals surface area contributed by atoms with E-state index in [1.165, 1.54) is 0 Å². The minimum absolute atomic E-state index is 0. The SMILES string of the molecule is CN=C(NCCCOc1ccccc1)NCCc1nc(-c2ccc(Cl)cc2)no1.I. The summed E-state index contributed by atoms with van der Waals surface area (Å²) in [5.74, 6) is 2.72. The Kier molecular flexibility index (Phi) is 10.4. The Morgan fingerprint density at radius 2 is 1.80 bits per heavy atom. The molecule has 3 aromatic rings. The van der Waals surface area contributed by atoms with Crippen LogP contribution >= 0.6 is 35.6 Å². The second-order valence-corrected chi connectivity index (χ2v) is 6.65. The molecule has 0 aliphatic carbocycles. The molecular weight excluding hydrogens is 517 g/mol. The summed E-state index contributed by atoms with van der Waals surface area (Å²) >= 11 is 5.90. The summed E-state index contributed by atoms with van der Waals surface area (Å²) < 4.78 is 11.0.